The average molecular weight is 199 g/mol. The molecular weight excluding hydrogens is 198 g/mol. The molecule has 0 atom stereocenters. The van der Waals surface area contributed by atoms with Crippen LogP contribution in [0.2, 0.25) is 5.02 Å². The number of nitrogens with zero attached hydrogens (tertiary/aromatic N) is 2. The Kier molecular flexibility index (Phi) is 2.46. The highest BCUT2D eigenvalue weighted by Crippen LogP contribution is 2.23. The Bertz CT molecular complexity index is 443. The molecule has 0 aliphatic rings. The summed E-state index contributed by atoms with van der Waals surface area (Å²) in [6.07, 6.45) is 0. The molecule has 5 heteroatoms. The van der Waals surface area contributed by atoms with Crippen LogP contribution in [-0.4, -0.2) is 0 Å². The van der Waals surface area contributed by atoms with Gasteiger partial charge in [-0.2, -0.15) is 10.5 Å². The highest BCUT2D eigenvalue weighted by molar-refractivity contribution is 6.31. The number of hydrogen-bond donors (Lipinski definition) is 0. The molecule has 13 heavy (non-hydrogen) atoms. The van der Waals surface area contributed by atoms with Crippen LogP contribution in [0.1, 0.15) is 11.1 Å². The van der Waals surface area contributed by atoms with Gasteiger partial charge in [-0.3, -0.25) is 0 Å². The van der Waals surface area contributed by atoms with E-state index in [-0.39, 0.29) is 5.02 Å². The largest absolute Gasteiger partial charge is 0.202 e. The minimum Gasteiger partial charge on any atom is -0.202 e. The quantitative estimate of drug-likeness (QED) is 0.601. The fraction of sp³-hybridized carbons (Fsp3) is 0. The molecule has 0 radical (unpaired) electrons. The van der Waals surface area contributed by atoms with Crippen LogP contribution in [0.5, 0.6) is 0 Å². The van der Waals surface area contributed by atoms with Gasteiger partial charge < -0.3 is 0 Å². The van der Waals surface area contributed by atoms with Crippen molar-refractivity contribution in [2.24, 2.45) is 0 Å². The monoisotopic (exact) mass is 198 g/mol. The molecule has 1 aromatic carbocycles. The lowest BCUT2D eigenvalue weighted by molar-refractivity contribution is 0.504. The lowest BCUT2D eigenvalue weighted by atomic mass is 10.1. The molecule has 0 aromatic heterocycles. The Balaban J connectivity index is 3.60. The summed E-state index contributed by atoms with van der Waals surface area (Å²) in [4.78, 5) is 0. The Hall–Kier alpha value is -1.65. The molecule has 0 bridgehead atoms. The van der Waals surface area contributed by atoms with E-state index < -0.39 is 22.8 Å². The van der Waals surface area contributed by atoms with Gasteiger partial charge >= 0.3 is 0 Å². The van der Waals surface area contributed by atoms with Crippen LogP contribution in [0.4, 0.5) is 8.78 Å². The molecule has 0 saturated heterocycles. The maximum atomic E-state index is 12.9. The SMILES string of the molecule is N#Cc1cc(Cl)c(C#N)c(F)c1F. The number of rotatable bonds is 0. The highest BCUT2D eigenvalue weighted by Gasteiger charge is 2.16. The number of benzene rings is 1. The molecule has 0 unspecified atom stereocenters. The first kappa shape index (κ1) is 9.44. The molecule has 0 N–H and O–H groups in total. The van der Waals surface area contributed by atoms with E-state index in [9.17, 15) is 8.78 Å². The third kappa shape index (κ3) is 1.44. The van der Waals surface area contributed by atoms with E-state index in [4.69, 9.17) is 22.1 Å². The van der Waals surface area contributed by atoms with Gasteiger partial charge in [-0.15, -0.1) is 0 Å². The minimum atomic E-state index is -1.38. The Morgan fingerprint density at radius 2 is 1.77 bits per heavy atom. The van der Waals surface area contributed by atoms with E-state index in [1.165, 1.54) is 12.1 Å². The summed E-state index contributed by atoms with van der Waals surface area (Å²) < 4.78 is 25.7. The van der Waals surface area contributed by atoms with Crippen molar-refractivity contribution in [1.82, 2.24) is 0 Å². The molecule has 1 rings (SSSR count). The summed E-state index contributed by atoms with van der Waals surface area (Å²) in [5, 5.41) is 16.4. The topological polar surface area (TPSA) is 47.6 Å². The maximum absolute atomic E-state index is 12.9. The first-order valence-electron chi connectivity index (χ1n) is 3.09. The van der Waals surface area contributed by atoms with E-state index in [1.54, 1.807) is 0 Å². The maximum Gasteiger partial charge on any atom is 0.179 e. The summed E-state index contributed by atoms with van der Waals surface area (Å²) in [5.74, 6) is -2.73. The molecule has 1 aromatic rings. The van der Waals surface area contributed by atoms with Gasteiger partial charge in [0.15, 0.2) is 11.6 Å². The lowest BCUT2D eigenvalue weighted by Crippen LogP contribution is -1.95. The summed E-state index contributed by atoms with van der Waals surface area (Å²) in [7, 11) is 0. The van der Waals surface area contributed by atoms with Crippen LogP contribution < -0.4 is 0 Å². The van der Waals surface area contributed by atoms with Gasteiger partial charge in [0.1, 0.15) is 17.7 Å². The van der Waals surface area contributed by atoms with Gasteiger partial charge in [0.2, 0.25) is 0 Å². The van der Waals surface area contributed by atoms with E-state index in [0.717, 1.165) is 6.07 Å². The Labute approximate surface area is 77.6 Å². The van der Waals surface area contributed by atoms with Crippen LogP contribution in [-0.2, 0) is 0 Å². The zero-order valence-electron chi connectivity index (χ0n) is 6.11. The van der Waals surface area contributed by atoms with Crippen LogP contribution in [0.3, 0.4) is 0 Å². The van der Waals surface area contributed by atoms with Crippen molar-refractivity contribution >= 4 is 11.6 Å². The van der Waals surface area contributed by atoms with Gasteiger partial charge in [-0.1, -0.05) is 11.6 Å². The van der Waals surface area contributed by atoms with E-state index >= 15 is 0 Å². The first-order chi connectivity index (χ1) is 6.11. The summed E-state index contributed by atoms with van der Waals surface area (Å²) >= 11 is 5.41. The first-order valence-corrected chi connectivity index (χ1v) is 3.47. The summed E-state index contributed by atoms with van der Waals surface area (Å²) in [5.41, 5.74) is -1.10. The molecule has 0 aliphatic heterocycles. The van der Waals surface area contributed by atoms with Gasteiger partial charge in [0.25, 0.3) is 0 Å². The van der Waals surface area contributed by atoms with E-state index in [0.29, 0.717) is 0 Å². The third-order valence-corrected chi connectivity index (χ3v) is 1.69. The highest BCUT2D eigenvalue weighted by atomic mass is 35.5. The van der Waals surface area contributed by atoms with Crippen LogP contribution in [0.15, 0.2) is 6.07 Å². The standard InChI is InChI=1S/C8HClF2N2/c9-6-1-4(2-12)7(10)8(11)5(6)3-13/h1H. The molecule has 0 spiro atoms. The summed E-state index contributed by atoms with van der Waals surface area (Å²) in [6, 6.07) is 3.73. The van der Waals surface area contributed by atoms with Crippen molar-refractivity contribution in [2.45, 2.75) is 0 Å². The van der Waals surface area contributed by atoms with Gasteiger partial charge in [-0.05, 0) is 6.07 Å². The van der Waals surface area contributed by atoms with Crippen molar-refractivity contribution in [2.75, 3.05) is 0 Å². The summed E-state index contributed by atoms with van der Waals surface area (Å²) in [6.45, 7) is 0. The van der Waals surface area contributed by atoms with Gasteiger partial charge in [-0.25, -0.2) is 8.78 Å². The van der Waals surface area contributed by atoms with Crippen LogP contribution >= 0.6 is 11.6 Å². The average Bonchev–Trinajstić information content (AvgIpc) is 2.12. The fourth-order valence-electron chi connectivity index (χ4n) is 0.779. The second kappa shape index (κ2) is 3.38. The smallest absolute Gasteiger partial charge is 0.179 e. The lowest BCUT2D eigenvalue weighted by Gasteiger charge is -1.99. The fourth-order valence-corrected chi connectivity index (χ4v) is 1.01. The van der Waals surface area contributed by atoms with Crippen molar-refractivity contribution in [3.63, 3.8) is 0 Å². The van der Waals surface area contributed by atoms with Gasteiger partial charge in [0.05, 0.1) is 10.6 Å². The predicted molar refractivity (Wildman–Crippen MR) is 40.8 cm³/mol. The van der Waals surface area contributed by atoms with Crippen molar-refractivity contribution in [1.29, 1.82) is 10.5 Å². The molecule has 0 aliphatic carbocycles. The minimum absolute atomic E-state index is 0.266. The van der Waals surface area contributed by atoms with E-state index in [2.05, 4.69) is 0 Å². The molecule has 2 nitrogen and oxygen atoms in total. The van der Waals surface area contributed by atoms with Crippen molar-refractivity contribution < 1.29 is 8.78 Å². The second-order valence-electron chi connectivity index (χ2n) is 2.13. The molecule has 64 valence electrons. The second-order valence-corrected chi connectivity index (χ2v) is 2.54. The Morgan fingerprint density at radius 3 is 2.23 bits per heavy atom. The number of hydrogen-bond acceptors (Lipinski definition) is 2. The zero-order valence-corrected chi connectivity index (χ0v) is 6.86. The molecule has 0 fully saturated rings. The molecule has 0 amide bonds. The molecule has 0 heterocycles. The molecule has 0 saturated carbocycles. The molecular formula is C8HClF2N2. The normalized spacial score (nSPS) is 9.00. The van der Waals surface area contributed by atoms with Crippen molar-refractivity contribution in [3.8, 4) is 12.1 Å². The van der Waals surface area contributed by atoms with Crippen LogP contribution in [0.25, 0.3) is 0 Å². The predicted octanol–water partition coefficient (Wildman–Crippen LogP) is 2.36. The third-order valence-electron chi connectivity index (χ3n) is 1.39. The van der Waals surface area contributed by atoms with Crippen molar-refractivity contribution in [3.05, 3.63) is 33.9 Å². The number of halogens is 3. The zero-order chi connectivity index (χ0) is 10.0. The van der Waals surface area contributed by atoms with Gasteiger partial charge in [0, 0.05) is 0 Å². The number of nitriles is 2. The van der Waals surface area contributed by atoms with Crippen LogP contribution in [0, 0.1) is 34.3 Å². The Morgan fingerprint density at radius 1 is 1.15 bits per heavy atom. The van der Waals surface area contributed by atoms with E-state index in [1.807, 2.05) is 0 Å².